The smallest absolute Gasteiger partial charge is 0.239 e. The Hall–Kier alpha value is -2.08. The Morgan fingerprint density at radius 3 is 2.35 bits per heavy atom. The van der Waals surface area contributed by atoms with Crippen molar-refractivity contribution >= 4 is 17.5 Å². The standard InChI is InChI=1S/C20H31N3O3/c1-14-10-15(2)12-23(11-14)20(25)16(3)22(4)13-19(24)21-17-6-8-18(26-5)9-7-17/h6-9,14-16H,10-13H2,1-5H3,(H,21,24)/t14-,15+,16-/m1/s1. The molecule has 1 aromatic carbocycles. The van der Waals surface area contributed by atoms with Crippen LogP contribution in [0.1, 0.15) is 27.2 Å². The maximum atomic E-state index is 12.8. The Labute approximate surface area is 156 Å². The number of carbonyl (C=O) groups is 2. The van der Waals surface area contributed by atoms with Crippen LogP contribution in [0.2, 0.25) is 0 Å². The average Bonchev–Trinajstić information content (AvgIpc) is 2.60. The maximum absolute atomic E-state index is 12.8. The molecule has 1 N–H and O–H groups in total. The van der Waals surface area contributed by atoms with Gasteiger partial charge in [0, 0.05) is 18.8 Å². The van der Waals surface area contributed by atoms with Crippen LogP contribution < -0.4 is 10.1 Å². The van der Waals surface area contributed by atoms with Crippen molar-refractivity contribution in [2.45, 2.75) is 33.2 Å². The van der Waals surface area contributed by atoms with Crippen LogP contribution in [0.15, 0.2) is 24.3 Å². The molecule has 1 heterocycles. The van der Waals surface area contributed by atoms with Gasteiger partial charge >= 0.3 is 0 Å². The largest absolute Gasteiger partial charge is 0.497 e. The number of ether oxygens (including phenoxy) is 1. The van der Waals surface area contributed by atoms with E-state index in [-0.39, 0.29) is 24.4 Å². The van der Waals surface area contributed by atoms with Crippen molar-refractivity contribution < 1.29 is 14.3 Å². The molecule has 0 saturated carbocycles. The highest BCUT2D eigenvalue weighted by atomic mass is 16.5. The van der Waals surface area contributed by atoms with Gasteiger partial charge in [0.05, 0.1) is 19.7 Å². The molecule has 0 spiro atoms. The van der Waals surface area contributed by atoms with E-state index in [1.807, 2.05) is 18.9 Å². The first-order valence-electron chi connectivity index (χ1n) is 9.23. The first kappa shape index (κ1) is 20.2. The zero-order chi connectivity index (χ0) is 19.3. The third-order valence-corrected chi connectivity index (χ3v) is 4.97. The molecule has 1 aliphatic heterocycles. The predicted octanol–water partition coefficient (Wildman–Crippen LogP) is 2.46. The highest BCUT2D eigenvalue weighted by Gasteiger charge is 2.30. The lowest BCUT2D eigenvalue weighted by atomic mass is 9.91. The normalized spacial score (nSPS) is 21.4. The van der Waals surface area contributed by atoms with Crippen LogP contribution in [0.4, 0.5) is 5.69 Å². The fourth-order valence-corrected chi connectivity index (χ4v) is 3.53. The van der Waals surface area contributed by atoms with Crippen molar-refractivity contribution in [1.82, 2.24) is 9.80 Å². The van der Waals surface area contributed by atoms with Crippen LogP contribution in [0.25, 0.3) is 0 Å². The van der Waals surface area contributed by atoms with E-state index >= 15 is 0 Å². The fraction of sp³-hybridized carbons (Fsp3) is 0.600. The van der Waals surface area contributed by atoms with E-state index < -0.39 is 0 Å². The van der Waals surface area contributed by atoms with Gasteiger partial charge in [-0.15, -0.1) is 0 Å². The summed E-state index contributed by atoms with van der Waals surface area (Å²) in [6, 6.07) is 6.85. The number of carbonyl (C=O) groups excluding carboxylic acids is 2. The number of anilines is 1. The van der Waals surface area contributed by atoms with Gasteiger partial charge < -0.3 is 15.0 Å². The van der Waals surface area contributed by atoms with Crippen LogP contribution in [0.3, 0.4) is 0 Å². The summed E-state index contributed by atoms with van der Waals surface area (Å²) in [4.78, 5) is 28.8. The number of rotatable bonds is 6. The molecule has 1 aliphatic rings. The van der Waals surface area contributed by atoms with Crippen LogP contribution in [0.5, 0.6) is 5.75 Å². The van der Waals surface area contributed by atoms with E-state index in [9.17, 15) is 9.59 Å². The van der Waals surface area contributed by atoms with Crippen LogP contribution in [0, 0.1) is 11.8 Å². The number of likely N-dealkylation sites (N-methyl/N-ethyl adjacent to an activating group) is 1. The topological polar surface area (TPSA) is 61.9 Å². The fourth-order valence-electron chi connectivity index (χ4n) is 3.53. The Bertz CT molecular complexity index is 607. The lowest BCUT2D eigenvalue weighted by molar-refractivity contribution is -0.139. The summed E-state index contributed by atoms with van der Waals surface area (Å²) >= 11 is 0. The first-order chi connectivity index (χ1) is 12.3. The lowest BCUT2D eigenvalue weighted by Gasteiger charge is -2.38. The van der Waals surface area contributed by atoms with E-state index in [1.165, 1.54) is 0 Å². The lowest BCUT2D eigenvalue weighted by Crippen LogP contribution is -2.51. The minimum absolute atomic E-state index is 0.100. The number of amides is 2. The van der Waals surface area contributed by atoms with E-state index in [2.05, 4.69) is 19.2 Å². The molecular formula is C20H31N3O3. The molecule has 144 valence electrons. The van der Waals surface area contributed by atoms with Gasteiger partial charge in [-0.1, -0.05) is 13.8 Å². The number of hydrogen-bond donors (Lipinski definition) is 1. The van der Waals surface area contributed by atoms with Gasteiger partial charge in [-0.05, 0) is 56.5 Å². The van der Waals surface area contributed by atoms with Crippen LogP contribution in [-0.4, -0.2) is 61.4 Å². The molecule has 0 radical (unpaired) electrons. The SMILES string of the molecule is COc1ccc(NC(=O)CN(C)[C@H](C)C(=O)N2C[C@H](C)C[C@H](C)C2)cc1. The molecule has 0 bridgehead atoms. The summed E-state index contributed by atoms with van der Waals surface area (Å²) in [6.07, 6.45) is 1.16. The van der Waals surface area contributed by atoms with Crippen molar-refractivity contribution in [2.24, 2.45) is 11.8 Å². The second-order valence-corrected chi connectivity index (χ2v) is 7.56. The quantitative estimate of drug-likeness (QED) is 0.845. The number of likely N-dealkylation sites (tertiary alicyclic amines) is 1. The highest BCUT2D eigenvalue weighted by molar-refractivity contribution is 5.92. The first-order valence-corrected chi connectivity index (χ1v) is 9.23. The summed E-state index contributed by atoms with van der Waals surface area (Å²) < 4.78 is 5.11. The summed E-state index contributed by atoms with van der Waals surface area (Å²) in [7, 11) is 3.41. The van der Waals surface area contributed by atoms with Crippen molar-refractivity contribution in [3.8, 4) is 5.75 Å². The van der Waals surface area contributed by atoms with Gasteiger partial charge in [-0.25, -0.2) is 0 Å². The van der Waals surface area contributed by atoms with Crippen molar-refractivity contribution in [3.63, 3.8) is 0 Å². The molecule has 1 fully saturated rings. The van der Waals surface area contributed by atoms with E-state index in [0.717, 1.165) is 25.3 Å². The van der Waals surface area contributed by atoms with Gasteiger partial charge in [0.15, 0.2) is 0 Å². The summed E-state index contributed by atoms with van der Waals surface area (Å²) in [5.41, 5.74) is 0.710. The van der Waals surface area contributed by atoms with Gasteiger partial charge in [-0.3, -0.25) is 14.5 Å². The number of hydrogen-bond acceptors (Lipinski definition) is 4. The molecule has 2 rings (SSSR count). The molecule has 26 heavy (non-hydrogen) atoms. The Morgan fingerprint density at radius 2 is 1.81 bits per heavy atom. The molecule has 0 unspecified atom stereocenters. The Morgan fingerprint density at radius 1 is 1.23 bits per heavy atom. The molecule has 1 aromatic rings. The summed E-state index contributed by atoms with van der Waals surface area (Å²) in [5.74, 6) is 1.75. The van der Waals surface area contributed by atoms with Gasteiger partial charge in [-0.2, -0.15) is 0 Å². The second-order valence-electron chi connectivity index (χ2n) is 7.56. The summed E-state index contributed by atoms with van der Waals surface area (Å²) in [5, 5.41) is 2.85. The van der Waals surface area contributed by atoms with E-state index in [4.69, 9.17) is 4.74 Å². The molecule has 6 nitrogen and oxygen atoms in total. The third-order valence-electron chi connectivity index (χ3n) is 4.97. The number of nitrogens with zero attached hydrogens (tertiary/aromatic N) is 2. The average molecular weight is 361 g/mol. The van der Waals surface area contributed by atoms with Gasteiger partial charge in [0.25, 0.3) is 0 Å². The van der Waals surface area contributed by atoms with Crippen LogP contribution >= 0.6 is 0 Å². The van der Waals surface area contributed by atoms with Crippen LogP contribution in [-0.2, 0) is 9.59 Å². The number of benzene rings is 1. The molecule has 0 aromatic heterocycles. The molecule has 2 amide bonds. The number of methoxy groups -OCH3 is 1. The van der Waals surface area contributed by atoms with E-state index in [1.54, 1.807) is 36.3 Å². The number of piperidine rings is 1. The summed E-state index contributed by atoms with van der Waals surface area (Å²) in [6.45, 7) is 8.02. The highest BCUT2D eigenvalue weighted by Crippen LogP contribution is 2.22. The Balaban J connectivity index is 1.87. The minimum atomic E-state index is -0.325. The molecular weight excluding hydrogens is 330 g/mol. The monoisotopic (exact) mass is 361 g/mol. The predicted molar refractivity (Wildman–Crippen MR) is 103 cm³/mol. The molecule has 0 aliphatic carbocycles. The molecule has 3 atom stereocenters. The van der Waals surface area contributed by atoms with Gasteiger partial charge in [0.1, 0.15) is 5.75 Å². The number of nitrogens with one attached hydrogen (secondary N) is 1. The minimum Gasteiger partial charge on any atom is -0.497 e. The maximum Gasteiger partial charge on any atom is 0.239 e. The third kappa shape index (κ3) is 5.46. The van der Waals surface area contributed by atoms with Gasteiger partial charge in [0.2, 0.25) is 11.8 Å². The second kappa shape index (κ2) is 9.03. The van der Waals surface area contributed by atoms with Crippen molar-refractivity contribution in [1.29, 1.82) is 0 Å². The molecule has 6 heteroatoms. The Kier molecular flexibility index (Phi) is 7.03. The van der Waals surface area contributed by atoms with Crippen molar-refractivity contribution in [3.05, 3.63) is 24.3 Å². The zero-order valence-corrected chi connectivity index (χ0v) is 16.5. The zero-order valence-electron chi connectivity index (χ0n) is 16.5. The van der Waals surface area contributed by atoms with Crippen molar-refractivity contribution in [2.75, 3.05) is 39.1 Å². The van der Waals surface area contributed by atoms with E-state index in [0.29, 0.717) is 17.5 Å². The molecule has 1 saturated heterocycles.